The SMILES string of the molecule is CCCCCCCCCCCCCCCCCCC(C)OC1=NCCN1CC=Cc1ccccc1. The third kappa shape index (κ3) is 15.1. The van der Waals surface area contributed by atoms with E-state index < -0.39 is 0 Å². The summed E-state index contributed by atoms with van der Waals surface area (Å²) in [7, 11) is 0. The van der Waals surface area contributed by atoms with Gasteiger partial charge in [-0.2, -0.15) is 0 Å². The van der Waals surface area contributed by atoms with Crippen LogP contribution in [-0.2, 0) is 4.74 Å². The maximum Gasteiger partial charge on any atom is 0.287 e. The number of rotatable bonds is 21. The maximum atomic E-state index is 6.19. The lowest BCUT2D eigenvalue weighted by Crippen LogP contribution is -2.32. The summed E-state index contributed by atoms with van der Waals surface area (Å²) in [6.07, 6.45) is 28.4. The molecule has 0 bridgehead atoms. The predicted octanol–water partition coefficient (Wildman–Crippen LogP) is 9.43. The number of hydrogen-bond acceptors (Lipinski definition) is 3. The minimum absolute atomic E-state index is 0.249. The zero-order valence-electron chi connectivity index (χ0n) is 23.1. The van der Waals surface area contributed by atoms with Gasteiger partial charge in [0.15, 0.2) is 0 Å². The van der Waals surface area contributed by atoms with Crippen molar-refractivity contribution in [1.29, 1.82) is 0 Å². The molecule has 0 aromatic heterocycles. The lowest BCUT2D eigenvalue weighted by Gasteiger charge is -2.22. The molecule has 3 heteroatoms. The second-order valence-electron chi connectivity index (χ2n) is 10.4. The van der Waals surface area contributed by atoms with Gasteiger partial charge >= 0.3 is 0 Å². The van der Waals surface area contributed by atoms with Gasteiger partial charge in [0.25, 0.3) is 6.02 Å². The normalized spacial score (nSPS) is 14.6. The minimum Gasteiger partial charge on any atom is -0.462 e. The highest BCUT2D eigenvalue weighted by Crippen LogP contribution is 2.16. The average molecular weight is 483 g/mol. The number of aliphatic imine (C=N–C) groups is 1. The summed E-state index contributed by atoms with van der Waals surface area (Å²) in [5.41, 5.74) is 1.24. The van der Waals surface area contributed by atoms with Gasteiger partial charge < -0.3 is 9.64 Å². The third-order valence-electron chi connectivity index (χ3n) is 7.09. The highest BCUT2D eigenvalue weighted by molar-refractivity contribution is 5.76. The molecular formula is C32H54N2O. The fraction of sp³-hybridized carbons (Fsp3) is 0.719. The van der Waals surface area contributed by atoms with Gasteiger partial charge in [0, 0.05) is 13.1 Å². The monoisotopic (exact) mass is 482 g/mol. The standard InChI is InChI=1S/C32H54N2O/c1-3-4-5-6-7-8-9-10-11-12-13-14-15-16-17-19-23-30(2)35-32-33-27-29-34(32)28-22-26-31-24-20-18-21-25-31/h18,20-22,24-26,30H,3-17,19,23,27-29H2,1-2H3. The molecule has 0 radical (unpaired) electrons. The molecule has 0 amide bonds. The molecule has 0 saturated heterocycles. The van der Waals surface area contributed by atoms with Gasteiger partial charge in [0.1, 0.15) is 0 Å². The van der Waals surface area contributed by atoms with Crippen LogP contribution < -0.4 is 0 Å². The first-order chi connectivity index (χ1) is 17.3. The Bertz CT molecular complexity index is 669. The lowest BCUT2D eigenvalue weighted by atomic mass is 10.0. The Morgan fingerprint density at radius 3 is 1.91 bits per heavy atom. The highest BCUT2D eigenvalue weighted by atomic mass is 16.5. The second-order valence-corrected chi connectivity index (χ2v) is 10.4. The third-order valence-corrected chi connectivity index (χ3v) is 7.09. The highest BCUT2D eigenvalue weighted by Gasteiger charge is 2.19. The van der Waals surface area contributed by atoms with Crippen LogP contribution in [-0.4, -0.2) is 36.7 Å². The van der Waals surface area contributed by atoms with Crippen LogP contribution in [0.25, 0.3) is 6.08 Å². The maximum absolute atomic E-state index is 6.19. The summed E-state index contributed by atoms with van der Waals surface area (Å²) in [5.74, 6) is 0. The Kier molecular flexibility index (Phi) is 17.2. The quantitative estimate of drug-likeness (QED) is 0.163. The topological polar surface area (TPSA) is 24.8 Å². The van der Waals surface area contributed by atoms with E-state index in [1.807, 2.05) is 0 Å². The molecule has 0 spiro atoms. The number of hydrogen-bond donors (Lipinski definition) is 0. The van der Waals surface area contributed by atoms with Crippen LogP contribution in [0.15, 0.2) is 41.4 Å². The van der Waals surface area contributed by atoms with Gasteiger partial charge in [-0.05, 0) is 25.3 Å². The van der Waals surface area contributed by atoms with E-state index in [2.05, 4.69) is 66.2 Å². The van der Waals surface area contributed by atoms with E-state index in [1.165, 1.54) is 108 Å². The van der Waals surface area contributed by atoms with E-state index in [9.17, 15) is 0 Å². The fourth-order valence-electron chi connectivity index (χ4n) is 4.84. The van der Waals surface area contributed by atoms with Gasteiger partial charge in [0.2, 0.25) is 0 Å². The molecule has 0 saturated carbocycles. The van der Waals surface area contributed by atoms with E-state index in [1.54, 1.807) is 0 Å². The van der Waals surface area contributed by atoms with Crippen molar-refractivity contribution in [3.05, 3.63) is 42.0 Å². The second kappa shape index (κ2) is 20.4. The Balaban J connectivity index is 1.39. The Morgan fingerprint density at radius 2 is 1.34 bits per heavy atom. The number of amidine groups is 1. The van der Waals surface area contributed by atoms with E-state index in [4.69, 9.17) is 4.74 Å². The molecule has 35 heavy (non-hydrogen) atoms. The molecule has 1 aliphatic rings. The van der Waals surface area contributed by atoms with Crippen molar-refractivity contribution in [2.24, 2.45) is 4.99 Å². The molecular weight excluding hydrogens is 428 g/mol. The Labute approximate surface area is 217 Å². The van der Waals surface area contributed by atoms with Crippen molar-refractivity contribution < 1.29 is 4.74 Å². The predicted molar refractivity (Wildman–Crippen MR) is 154 cm³/mol. The molecule has 1 heterocycles. The molecule has 0 fully saturated rings. The summed E-state index contributed by atoms with van der Waals surface area (Å²) >= 11 is 0. The minimum atomic E-state index is 0.249. The van der Waals surface area contributed by atoms with Crippen LogP contribution in [0.5, 0.6) is 0 Å². The van der Waals surface area contributed by atoms with Crippen molar-refractivity contribution in [3.8, 4) is 0 Å². The van der Waals surface area contributed by atoms with Gasteiger partial charge in [-0.1, -0.05) is 146 Å². The molecule has 1 aromatic rings. The Morgan fingerprint density at radius 1 is 0.800 bits per heavy atom. The van der Waals surface area contributed by atoms with Crippen molar-refractivity contribution >= 4 is 12.1 Å². The summed E-state index contributed by atoms with van der Waals surface area (Å²) in [6.45, 7) is 7.16. The first-order valence-corrected chi connectivity index (χ1v) is 15.0. The van der Waals surface area contributed by atoms with Crippen LogP contribution in [0.3, 0.4) is 0 Å². The number of benzene rings is 1. The average Bonchev–Trinajstić information content (AvgIpc) is 3.31. The number of unbranched alkanes of at least 4 members (excludes halogenated alkanes) is 15. The molecule has 1 aromatic carbocycles. The van der Waals surface area contributed by atoms with Gasteiger partial charge in [-0.25, -0.2) is 4.99 Å². The lowest BCUT2D eigenvalue weighted by molar-refractivity contribution is 0.163. The Hall–Kier alpha value is -1.77. The van der Waals surface area contributed by atoms with E-state index in [0.29, 0.717) is 0 Å². The smallest absolute Gasteiger partial charge is 0.287 e. The summed E-state index contributed by atoms with van der Waals surface area (Å²) in [4.78, 5) is 6.85. The zero-order valence-corrected chi connectivity index (χ0v) is 23.1. The van der Waals surface area contributed by atoms with Crippen molar-refractivity contribution in [3.63, 3.8) is 0 Å². The van der Waals surface area contributed by atoms with Crippen LogP contribution in [0, 0.1) is 0 Å². The summed E-state index contributed by atoms with van der Waals surface area (Å²) < 4.78 is 6.19. The zero-order chi connectivity index (χ0) is 24.8. The van der Waals surface area contributed by atoms with E-state index in [-0.39, 0.29) is 6.10 Å². The number of nitrogens with zero attached hydrogens (tertiary/aromatic N) is 2. The first kappa shape index (κ1) is 29.5. The molecule has 0 aliphatic carbocycles. The van der Waals surface area contributed by atoms with Gasteiger partial charge in [-0.15, -0.1) is 0 Å². The molecule has 2 rings (SSSR count). The van der Waals surface area contributed by atoms with Gasteiger partial charge in [-0.3, -0.25) is 0 Å². The fourth-order valence-corrected chi connectivity index (χ4v) is 4.84. The molecule has 1 atom stereocenters. The molecule has 0 N–H and O–H groups in total. The molecule has 1 aliphatic heterocycles. The van der Waals surface area contributed by atoms with Crippen LogP contribution in [0.2, 0.25) is 0 Å². The van der Waals surface area contributed by atoms with Crippen molar-refractivity contribution in [2.45, 2.75) is 129 Å². The summed E-state index contributed by atoms with van der Waals surface area (Å²) in [5, 5.41) is 0. The first-order valence-electron chi connectivity index (χ1n) is 15.0. The molecule has 1 unspecified atom stereocenters. The number of ether oxygens (including phenoxy) is 1. The molecule has 3 nitrogen and oxygen atoms in total. The van der Waals surface area contributed by atoms with Crippen LogP contribution in [0.1, 0.15) is 129 Å². The van der Waals surface area contributed by atoms with E-state index >= 15 is 0 Å². The van der Waals surface area contributed by atoms with Crippen LogP contribution >= 0.6 is 0 Å². The van der Waals surface area contributed by atoms with Crippen molar-refractivity contribution in [2.75, 3.05) is 19.6 Å². The van der Waals surface area contributed by atoms with Crippen LogP contribution in [0.4, 0.5) is 0 Å². The van der Waals surface area contributed by atoms with Crippen molar-refractivity contribution in [1.82, 2.24) is 4.90 Å². The molecule has 198 valence electrons. The van der Waals surface area contributed by atoms with E-state index in [0.717, 1.165) is 32.1 Å². The summed E-state index contributed by atoms with van der Waals surface area (Å²) in [6, 6.07) is 11.3. The largest absolute Gasteiger partial charge is 0.462 e. The van der Waals surface area contributed by atoms with Gasteiger partial charge in [0.05, 0.1) is 12.6 Å².